The van der Waals surface area contributed by atoms with Crippen molar-refractivity contribution in [2.24, 2.45) is 17.3 Å². The Balaban J connectivity index is 2.37. The lowest BCUT2D eigenvalue weighted by atomic mass is 9.84. The molecule has 6 nitrogen and oxygen atoms in total. The van der Waals surface area contributed by atoms with Crippen molar-refractivity contribution in [3.05, 3.63) is 23.3 Å². The first kappa shape index (κ1) is 17.2. The van der Waals surface area contributed by atoms with Crippen LogP contribution in [0.25, 0.3) is 0 Å². The van der Waals surface area contributed by atoms with Gasteiger partial charge in [-0.25, -0.2) is 0 Å². The monoisotopic (exact) mass is 322 g/mol. The third-order valence-electron chi connectivity index (χ3n) is 4.81. The van der Waals surface area contributed by atoms with E-state index in [1.807, 2.05) is 13.0 Å². The zero-order valence-electron chi connectivity index (χ0n) is 13.9. The van der Waals surface area contributed by atoms with Crippen molar-refractivity contribution in [3.63, 3.8) is 0 Å². The molecule has 0 aromatic carbocycles. The third-order valence-corrected chi connectivity index (χ3v) is 4.81. The topological polar surface area (TPSA) is 78.9 Å². The Morgan fingerprint density at radius 1 is 1.04 bits per heavy atom. The molecule has 126 valence electrons. The van der Waals surface area contributed by atoms with Crippen LogP contribution in [0.4, 0.5) is 0 Å². The highest BCUT2D eigenvalue weighted by molar-refractivity contribution is 6.01. The summed E-state index contributed by atoms with van der Waals surface area (Å²) in [6, 6.07) is 0. The van der Waals surface area contributed by atoms with Gasteiger partial charge < -0.3 is 14.2 Å². The van der Waals surface area contributed by atoms with Crippen molar-refractivity contribution in [2.75, 3.05) is 21.3 Å². The molecule has 2 rings (SSSR count). The van der Waals surface area contributed by atoms with E-state index in [0.29, 0.717) is 12.8 Å². The predicted octanol–water partition coefficient (Wildman–Crippen LogP) is 1.79. The Hall–Kier alpha value is -2.11. The zero-order chi connectivity index (χ0) is 17.2. The summed E-state index contributed by atoms with van der Waals surface area (Å²) < 4.78 is 14.5. The molecule has 0 N–H and O–H groups in total. The largest absolute Gasteiger partial charge is 0.469 e. The molecule has 0 unspecified atom stereocenters. The Morgan fingerprint density at radius 2 is 1.65 bits per heavy atom. The fourth-order valence-electron chi connectivity index (χ4n) is 3.57. The number of ether oxygens (including phenoxy) is 3. The van der Waals surface area contributed by atoms with E-state index in [2.05, 4.69) is 0 Å². The van der Waals surface area contributed by atoms with E-state index in [9.17, 15) is 14.4 Å². The van der Waals surface area contributed by atoms with Gasteiger partial charge in [-0.15, -0.1) is 0 Å². The van der Waals surface area contributed by atoms with Gasteiger partial charge in [-0.1, -0.05) is 23.3 Å². The summed E-state index contributed by atoms with van der Waals surface area (Å²) in [6.07, 6.45) is 4.77. The highest BCUT2D eigenvalue weighted by Gasteiger charge is 2.55. The number of carbonyl (C=O) groups is 3. The summed E-state index contributed by atoms with van der Waals surface area (Å²) in [4.78, 5) is 36.3. The fraction of sp³-hybridized carbons (Fsp3) is 0.588. The van der Waals surface area contributed by atoms with Crippen LogP contribution in [0.5, 0.6) is 0 Å². The van der Waals surface area contributed by atoms with E-state index in [4.69, 9.17) is 14.2 Å². The van der Waals surface area contributed by atoms with E-state index < -0.39 is 17.4 Å². The molecule has 0 aliphatic heterocycles. The maximum Gasteiger partial charge on any atom is 0.323 e. The molecule has 0 bridgehead atoms. The smallest absolute Gasteiger partial charge is 0.323 e. The number of hydrogen-bond donors (Lipinski definition) is 0. The van der Waals surface area contributed by atoms with Gasteiger partial charge >= 0.3 is 17.9 Å². The summed E-state index contributed by atoms with van der Waals surface area (Å²) in [5.41, 5.74) is 0.709. The quantitative estimate of drug-likeness (QED) is 0.341. The van der Waals surface area contributed by atoms with Crippen LogP contribution in [-0.4, -0.2) is 39.2 Å². The van der Waals surface area contributed by atoms with Crippen molar-refractivity contribution < 1.29 is 28.6 Å². The molecule has 2 aliphatic rings. The number of carbonyl (C=O) groups excluding carboxylic acids is 3. The number of methoxy groups -OCH3 is 3. The Morgan fingerprint density at radius 3 is 2.17 bits per heavy atom. The summed E-state index contributed by atoms with van der Waals surface area (Å²) in [6.45, 7) is 1.93. The second-order valence-electron chi connectivity index (χ2n) is 6.08. The third kappa shape index (κ3) is 2.90. The maximum atomic E-state index is 12.2. The summed E-state index contributed by atoms with van der Waals surface area (Å²) in [5.74, 6) is -1.84. The minimum absolute atomic E-state index is 0.0807. The van der Waals surface area contributed by atoms with E-state index in [1.165, 1.54) is 21.3 Å². The van der Waals surface area contributed by atoms with E-state index in [-0.39, 0.29) is 24.2 Å². The standard InChI is InChI=1S/C17H22O6/c1-10-7-11(14(18)21-2)5-6-12-8-17(9-13(10)12,15(19)22-3)16(20)23-4/h5-6,11-12H,7-9H2,1-4H3/t11-,12-/m0/s1. The fourth-order valence-corrected chi connectivity index (χ4v) is 3.57. The summed E-state index contributed by atoms with van der Waals surface area (Å²) in [7, 11) is 3.90. The molecule has 1 saturated carbocycles. The number of hydrogen-bond acceptors (Lipinski definition) is 6. The molecule has 1 fully saturated rings. The lowest BCUT2D eigenvalue weighted by molar-refractivity contribution is -0.168. The van der Waals surface area contributed by atoms with Crippen LogP contribution in [-0.2, 0) is 28.6 Å². The van der Waals surface area contributed by atoms with Gasteiger partial charge in [-0.3, -0.25) is 14.4 Å². The minimum Gasteiger partial charge on any atom is -0.469 e. The number of rotatable bonds is 3. The van der Waals surface area contributed by atoms with Crippen molar-refractivity contribution in [2.45, 2.75) is 26.2 Å². The van der Waals surface area contributed by atoms with E-state index >= 15 is 0 Å². The maximum absolute atomic E-state index is 12.2. The number of esters is 3. The average molecular weight is 322 g/mol. The molecule has 0 saturated heterocycles. The molecule has 23 heavy (non-hydrogen) atoms. The second kappa shape index (κ2) is 6.56. The first-order valence-corrected chi connectivity index (χ1v) is 7.51. The minimum atomic E-state index is -1.30. The van der Waals surface area contributed by atoms with Crippen molar-refractivity contribution in [1.29, 1.82) is 0 Å². The lowest BCUT2D eigenvalue weighted by Crippen LogP contribution is -2.39. The SMILES string of the molecule is COC(=O)[C@H]1C=C[C@H]2CC(C(=O)OC)(C(=O)OC)CC2=C(C)C1. The molecule has 0 heterocycles. The molecular weight excluding hydrogens is 300 g/mol. The molecule has 0 amide bonds. The molecule has 2 aliphatic carbocycles. The van der Waals surface area contributed by atoms with Crippen LogP contribution in [0.2, 0.25) is 0 Å². The Bertz CT molecular complexity index is 570. The van der Waals surface area contributed by atoms with Crippen LogP contribution in [0.3, 0.4) is 0 Å². The van der Waals surface area contributed by atoms with Gasteiger partial charge in [-0.2, -0.15) is 0 Å². The van der Waals surface area contributed by atoms with E-state index in [0.717, 1.165) is 11.1 Å². The lowest BCUT2D eigenvalue weighted by Gasteiger charge is -2.22. The Kier molecular flexibility index (Phi) is 4.92. The van der Waals surface area contributed by atoms with Gasteiger partial charge in [0.15, 0.2) is 5.41 Å². The van der Waals surface area contributed by atoms with Gasteiger partial charge in [0.1, 0.15) is 0 Å². The normalized spacial score (nSPS) is 25.4. The predicted molar refractivity (Wildman–Crippen MR) is 81.2 cm³/mol. The van der Waals surface area contributed by atoms with Gasteiger partial charge in [0.25, 0.3) is 0 Å². The Labute approximate surface area is 135 Å². The highest BCUT2D eigenvalue weighted by atomic mass is 16.5. The summed E-state index contributed by atoms with van der Waals surface area (Å²) >= 11 is 0. The molecule has 0 spiro atoms. The zero-order valence-corrected chi connectivity index (χ0v) is 13.9. The van der Waals surface area contributed by atoms with Crippen LogP contribution in [0.15, 0.2) is 23.3 Å². The first-order chi connectivity index (χ1) is 10.9. The van der Waals surface area contributed by atoms with E-state index in [1.54, 1.807) is 6.08 Å². The van der Waals surface area contributed by atoms with Gasteiger partial charge in [0, 0.05) is 0 Å². The van der Waals surface area contributed by atoms with Gasteiger partial charge in [-0.05, 0) is 32.1 Å². The molecular formula is C17H22O6. The summed E-state index contributed by atoms with van der Waals surface area (Å²) in [5, 5.41) is 0. The van der Waals surface area contributed by atoms with Crippen molar-refractivity contribution in [1.82, 2.24) is 0 Å². The van der Waals surface area contributed by atoms with Crippen LogP contribution >= 0.6 is 0 Å². The molecule has 6 heteroatoms. The highest BCUT2D eigenvalue weighted by Crippen LogP contribution is 2.50. The van der Waals surface area contributed by atoms with Crippen LogP contribution in [0, 0.1) is 17.3 Å². The second-order valence-corrected chi connectivity index (χ2v) is 6.08. The molecule has 2 atom stereocenters. The van der Waals surface area contributed by atoms with Gasteiger partial charge in [0.2, 0.25) is 0 Å². The van der Waals surface area contributed by atoms with Crippen LogP contribution < -0.4 is 0 Å². The molecule has 0 aromatic rings. The molecule has 0 aromatic heterocycles. The van der Waals surface area contributed by atoms with Crippen molar-refractivity contribution >= 4 is 17.9 Å². The number of allylic oxidation sites excluding steroid dienone is 3. The number of fused-ring (bicyclic) bond motifs is 1. The van der Waals surface area contributed by atoms with Crippen molar-refractivity contribution in [3.8, 4) is 0 Å². The first-order valence-electron chi connectivity index (χ1n) is 7.51. The van der Waals surface area contributed by atoms with Gasteiger partial charge in [0.05, 0.1) is 27.2 Å². The van der Waals surface area contributed by atoms with Crippen LogP contribution in [0.1, 0.15) is 26.2 Å². The average Bonchev–Trinajstić information content (AvgIpc) is 2.90. The molecule has 0 radical (unpaired) electrons.